The predicted molar refractivity (Wildman–Crippen MR) is 131 cm³/mol. The predicted octanol–water partition coefficient (Wildman–Crippen LogP) is 4.58. The van der Waals surface area contributed by atoms with E-state index in [2.05, 4.69) is 10.2 Å². The number of nitrogens with zero attached hydrogens (tertiary/aromatic N) is 2. The van der Waals surface area contributed by atoms with Gasteiger partial charge in [0.05, 0.1) is 12.7 Å². The van der Waals surface area contributed by atoms with Gasteiger partial charge in [-0.15, -0.1) is 0 Å². The first-order valence-electron chi connectivity index (χ1n) is 12.0. The standard InChI is InChI=1S/C27H33N3O4/c1-19(31)23-4-3-5-24(16-23)28-27(33)30(18-21-6-7-21)25-12-14-29(15-13-25)17-20-8-10-22(11-9-20)26(32)34-2/h3-5,8-11,16,21,25H,6-7,12-15,17-18H2,1-2H3,(H,28,33). The number of amides is 2. The van der Waals surface area contributed by atoms with Crippen molar-refractivity contribution in [3.8, 4) is 0 Å². The highest BCUT2D eigenvalue weighted by molar-refractivity contribution is 5.96. The van der Waals surface area contributed by atoms with Gasteiger partial charge in [-0.3, -0.25) is 9.69 Å². The number of ketones is 1. The summed E-state index contributed by atoms with van der Waals surface area (Å²) < 4.78 is 4.76. The maximum absolute atomic E-state index is 13.2. The molecule has 0 atom stereocenters. The zero-order valence-electron chi connectivity index (χ0n) is 20.0. The molecule has 1 aliphatic heterocycles. The van der Waals surface area contributed by atoms with Crippen LogP contribution < -0.4 is 5.32 Å². The molecule has 1 aliphatic carbocycles. The van der Waals surface area contributed by atoms with Crippen LogP contribution in [0.1, 0.15) is 58.9 Å². The number of hydrogen-bond donors (Lipinski definition) is 1. The van der Waals surface area contributed by atoms with Gasteiger partial charge in [0, 0.05) is 43.5 Å². The molecule has 2 aromatic carbocycles. The van der Waals surface area contributed by atoms with Crippen molar-refractivity contribution in [2.75, 3.05) is 32.1 Å². The lowest BCUT2D eigenvalue weighted by molar-refractivity contribution is 0.0600. The molecule has 2 fully saturated rings. The number of ether oxygens (including phenoxy) is 1. The van der Waals surface area contributed by atoms with Crippen molar-refractivity contribution in [1.82, 2.24) is 9.80 Å². The Labute approximate surface area is 201 Å². The minimum absolute atomic E-state index is 0.0155. The highest BCUT2D eigenvalue weighted by Crippen LogP contribution is 2.32. The van der Waals surface area contributed by atoms with E-state index in [0.29, 0.717) is 22.7 Å². The molecule has 34 heavy (non-hydrogen) atoms. The van der Waals surface area contributed by atoms with E-state index in [0.717, 1.165) is 44.6 Å². The number of rotatable bonds is 8. The van der Waals surface area contributed by atoms with Gasteiger partial charge in [0.25, 0.3) is 0 Å². The summed E-state index contributed by atoms with van der Waals surface area (Å²) in [7, 11) is 1.39. The van der Waals surface area contributed by atoms with Gasteiger partial charge in [0.15, 0.2) is 5.78 Å². The molecule has 7 heteroatoms. The Morgan fingerprint density at radius 1 is 1.00 bits per heavy atom. The molecule has 180 valence electrons. The van der Waals surface area contributed by atoms with Gasteiger partial charge in [0.1, 0.15) is 0 Å². The monoisotopic (exact) mass is 463 g/mol. The van der Waals surface area contributed by atoms with Gasteiger partial charge in [-0.2, -0.15) is 0 Å². The lowest BCUT2D eigenvalue weighted by atomic mass is 10.0. The molecule has 4 rings (SSSR count). The number of carbonyl (C=O) groups excluding carboxylic acids is 3. The Kier molecular flexibility index (Phi) is 7.63. The van der Waals surface area contributed by atoms with Crippen LogP contribution in [0.5, 0.6) is 0 Å². The molecule has 0 spiro atoms. The van der Waals surface area contributed by atoms with Crippen LogP contribution in [0.25, 0.3) is 0 Å². The summed E-state index contributed by atoms with van der Waals surface area (Å²) >= 11 is 0. The normalized spacial score (nSPS) is 16.6. The number of nitrogens with one attached hydrogen (secondary N) is 1. The Hall–Kier alpha value is -3.19. The van der Waals surface area contributed by atoms with Crippen molar-refractivity contribution < 1.29 is 19.1 Å². The number of benzene rings is 2. The summed E-state index contributed by atoms with van der Waals surface area (Å²) in [6.07, 6.45) is 4.22. The molecule has 1 saturated carbocycles. The van der Waals surface area contributed by atoms with E-state index in [1.807, 2.05) is 23.1 Å². The summed E-state index contributed by atoms with van der Waals surface area (Å²) in [6, 6.07) is 14.8. The van der Waals surface area contributed by atoms with E-state index in [-0.39, 0.29) is 23.8 Å². The minimum Gasteiger partial charge on any atom is -0.465 e. The topological polar surface area (TPSA) is 79.0 Å². The highest BCUT2D eigenvalue weighted by Gasteiger charge is 2.33. The van der Waals surface area contributed by atoms with Crippen molar-refractivity contribution >= 4 is 23.5 Å². The Morgan fingerprint density at radius 3 is 2.32 bits per heavy atom. The number of esters is 1. The van der Waals surface area contributed by atoms with Crippen molar-refractivity contribution in [3.63, 3.8) is 0 Å². The van der Waals surface area contributed by atoms with E-state index >= 15 is 0 Å². The summed E-state index contributed by atoms with van der Waals surface area (Å²) in [4.78, 5) is 40.9. The fraction of sp³-hybridized carbons (Fsp3) is 0.444. The average Bonchev–Trinajstić information content (AvgIpc) is 3.67. The van der Waals surface area contributed by atoms with Gasteiger partial charge < -0.3 is 15.0 Å². The molecule has 1 N–H and O–H groups in total. The lowest BCUT2D eigenvalue weighted by Gasteiger charge is -2.38. The molecule has 0 aromatic heterocycles. The number of hydrogen-bond acceptors (Lipinski definition) is 5. The van der Waals surface area contributed by atoms with E-state index in [1.54, 1.807) is 30.3 Å². The van der Waals surface area contributed by atoms with Crippen LogP contribution in [-0.4, -0.2) is 60.4 Å². The number of methoxy groups -OCH3 is 1. The quantitative estimate of drug-likeness (QED) is 0.458. The van der Waals surface area contributed by atoms with E-state index in [4.69, 9.17) is 4.74 Å². The van der Waals surface area contributed by atoms with Gasteiger partial charge >= 0.3 is 12.0 Å². The zero-order chi connectivity index (χ0) is 24.1. The molecule has 1 heterocycles. The van der Waals surface area contributed by atoms with Crippen LogP contribution in [0.2, 0.25) is 0 Å². The third-order valence-electron chi connectivity index (χ3n) is 6.71. The van der Waals surface area contributed by atoms with Gasteiger partial charge in [-0.1, -0.05) is 24.3 Å². The molecule has 1 saturated heterocycles. The Balaban J connectivity index is 1.34. The molecule has 2 amide bonds. The summed E-state index contributed by atoms with van der Waals surface area (Å²) in [5.41, 5.74) is 2.97. The second-order valence-electron chi connectivity index (χ2n) is 9.36. The van der Waals surface area contributed by atoms with Crippen LogP contribution in [0, 0.1) is 5.92 Å². The molecule has 0 unspecified atom stereocenters. The maximum atomic E-state index is 13.2. The smallest absolute Gasteiger partial charge is 0.337 e. The molecule has 2 aliphatic rings. The zero-order valence-corrected chi connectivity index (χ0v) is 20.0. The first kappa shape index (κ1) is 24.0. The minimum atomic E-state index is -0.325. The van der Waals surface area contributed by atoms with Crippen molar-refractivity contribution in [1.29, 1.82) is 0 Å². The molecular formula is C27H33N3O4. The van der Waals surface area contributed by atoms with Crippen LogP contribution in [0.3, 0.4) is 0 Å². The number of urea groups is 1. The van der Waals surface area contributed by atoms with E-state index in [9.17, 15) is 14.4 Å². The second-order valence-corrected chi connectivity index (χ2v) is 9.36. The fourth-order valence-corrected chi connectivity index (χ4v) is 4.50. The Bertz CT molecular complexity index is 1020. The Morgan fingerprint density at radius 2 is 1.71 bits per heavy atom. The maximum Gasteiger partial charge on any atom is 0.337 e. The first-order valence-corrected chi connectivity index (χ1v) is 12.0. The van der Waals surface area contributed by atoms with Crippen LogP contribution in [-0.2, 0) is 11.3 Å². The first-order chi connectivity index (χ1) is 16.4. The third-order valence-corrected chi connectivity index (χ3v) is 6.71. The molecular weight excluding hydrogens is 430 g/mol. The van der Waals surface area contributed by atoms with Crippen molar-refractivity contribution in [3.05, 3.63) is 65.2 Å². The SMILES string of the molecule is COC(=O)c1ccc(CN2CCC(N(CC3CC3)C(=O)Nc3cccc(C(C)=O)c3)CC2)cc1. The molecule has 7 nitrogen and oxygen atoms in total. The number of carbonyl (C=O) groups is 3. The van der Waals surface area contributed by atoms with E-state index in [1.165, 1.54) is 26.9 Å². The summed E-state index contributed by atoms with van der Waals surface area (Å²) in [5.74, 6) is 0.258. The number of piperidine rings is 1. The third kappa shape index (κ3) is 6.23. The molecule has 0 bridgehead atoms. The van der Waals surface area contributed by atoms with Gasteiger partial charge in [-0.25, -0.2) is 9.59 Å². The number of Topliss-reactive ketones (excluding diaryl/α,β-unsaturated/α-hetero) is 1. The van der Waals surface area contributed by atoms with Crippen LogP contribution >= 0.6 is 0 Å². The summed E-state index contributed by atoms with van der Waals surface area (Å²) in [6.45, 7) is 4.97. The van der Waals surface area contributed by atoms with Crippen LogP contribution in [0.4, 0.5) is 10.5 Å². The van der Waals surface area contributed by atoms with Gasteiger partial charge in [0.2, 0.25) is 0 Å². The fourth-order valence-electron chi connectivity index (χ4n) is 4.50. The van der Waals surface area contributed by atoms with Crippen LogP contribution in [0.15, 0.2) is 48.5 Å². The second kappa shape index (κ2) is 10.8. The highest BCUT2D eigenvalue weighted by atomic mass is 16.5. The number of likely N-dealkylation sites (tertiary alicyclic amines) is 1. The van der Waals surface area contributed by atoms with Crippen molar-refractivity contribution in [2.45, 2.75) is 45.2 Å². The summed E-state index contributed by atoms with van der Waals surface area (Å²) in [5, 5.41) is 3.02. The lowest BCUT2D eigenvalue weighted by Crippen LogP contribution is -2.49. The van der Waals surface area contributed by atoms with Crippen molar-refractivity contribution in [2.24, 2.45) is 5.92 Å². The largest absolute Gasteiger partial charge is 0.465 e. The number of anilines is 1. The van der Waals surface area contributed by atoms with E-state index < -0.39 is 0 Å². The molecule has 0 radical (unpaired) electrons. The van der Waals surface area contributed by atoms with Gasteiger partial charge in [-0.05, 0) is 68.4 Å². The molecule has 2 aromatic rings. The average molecular weight is 464 g/mol.